The van der Waals surface area contributed by atoms with Crippen molar-refractivity contribution in [1.29, 1.82) is 0 Å². The minimum atomic E-state index is -0.148. The van der Waals surface area contributed by atoms with Crippen LogP contribution in [0.3, 0.4) is 0 Å². The zero-order valence-electron chi connectivity index (χ0n) is 22.5. The number of para-hydroxylation sites is 1. The summed E-state index contributed by atoms with van der Waals surface area (Å²) >= 11 is 1.32. The first-order chi connectivity index (χ1) is 18.8. The second kappa shape index (κ2) is 10.9. The molecule has 0 saturated carbocycles. The highest BCUT2D eigenvalue weighted by atomic mass is 32.2. The van der Waals surface area contributed by atoms with Crippen molar-refractivity contribution >= 4 is 45.5 Å². The molecule has 10 heteroatoms. The summed E-state index contributed by atoms with van der Waals surface area (Å²) in [5, 5.41) is 1.12. The molecule has 3 heterocycles. The monoisotopic (exact) mass is 543 g/mol. The summed E-state index contributed by atoms with van der Waals surface area (Å²) in [6, 6.07) is 16.6. The number of thioether (sulfide) groups is 1. The number of aliphatic imine (C=N–C) groups is 1. The summed E-state index contributed by atoms with van der Waals surface area (Å²) in [5.74, 6) is 1.16. The summed E-state index contributed by atoms with van der Waals surface area (Å²) in [7, 11) is 3.21. The number of aryl methyl sites for hydroxylation is 2. The normalized spacial score (nSPS) is 15.7. The Morgan fingerprint density at radius 1 is 1.00 bits per heavy atom. The van der Waals surface area contributed by atoms with Crippen molar-refractivity contribution in [3.05, 3.63) is 92.6 Å². The van der Waals surface area contributed by atoms with E-state index in [2.05, 4.69) is 4.98 Å². The van der Waals surface area contributed by atoms with Crippen LogP contribution < -0.4 is 10.3 Å². The topological polar surface area (TPSA) is 91.0 Å². The molecule has 39 heavy (non-hydrogen) atoms. The minimum Gasteiger partial charge on any atom is -0.497 e. The van der Waals surface area contributed by atoms with E-state index >= 15 is 0 Å². The predicted molar refractivity (Wildman–Crippen MR) is 155 cm³/mol. The summed E-state index contributed by atoms with van der Waals surface area (Å²) in [6.07, 6.45) is 1.86. The molecule has 0 spiro atoms. The van der Waals surface area contributed by atoms with Crippen molar-refractivity contribution in [2.75, 3.05) is 27.4 Å². The molecule has 0 atom stereocenters. The number of rotatable bonds is 7. The highest BCUT2D eigenvalue weighted by molar-refractivity contribution is 8.18. The smallest absolute Gasteiger partial charge is 0.280 e. The third-order valence-corrected chi connectivity index (χ3v) is 7.55. The molecule has 9 nitrogen and oxygen atoms in total. The molecule has 0 bridgehead atoms. The molecule has 1 saturated heterocycles. The van der Waals surface area contributed by atoms with E-state index in [-0.39, 0.29) is 11.5 Å². The first-order valence-electron chi connectivity index (χ1n) is 12.4. The lowest BCUT2D eigenvalue weighted by Crippen LogP contribution is -2.32. The van der Waals surface area contributed by atoms with Gasteiger partial charge in [0.1, 0.15) is 11.6 Å². The highest BCUT2D eigenvalue weighted by Crippen LogP contribution is 2.35. The summed E-state index contributed by atoms with van der Waals surface area (Å²) in [6.45, 7) is 6.44. The van der Waals surface area contributed by atoms with Crippen LogP contribution in [0.5, 0.6) is 5.75 Å². The van der Waals surface area contributed by atoms with E-state index < -0.39 is 0 Å². The van der Waals surface area contributed by atoms with E-state index in [0.717, 1.165) is 22.7 Å². The van der Waals surface area contributed by atoms with Gasteiger partial charge in [-0.2, -0.15) is 4.68 Å². The number of aromatic nitrogens is 3. The maximum atomic E-state index is 13.5. The van der Waals surface area contributed by atoms with Crippen LogP contribution in [0.4, 0.5) is 5.69 Å². The van der Waals surface area contributed by atoms with E-state index in [4.69, 9.17) is 14.5 Å². The number of nitrogens with zero attached hydrogens (tertiary/aromatic N) is 5. The highest BCUT2D eigenvalue weighted by Gasteiger charge is 2.33. The standard InChI is InChI=1S/C29H29N5O4S/c1-18-16-21(19(2)33(18)34-20(3)30-25-9-7-6-8-24(25)27(34)35)17-26-28(36)32(14-15-37-4)29(39-26)31-22-10-12-23(38-5)13-11-22/h6-13,16-17H,14-15H2,1-5H3. The molecule has 0 unspecified atom stereocenters. The third-order valence-electron chi connectivity index (χ3n) is 6.54. The first-order valence-corrected chi connectivity index (χ1v) is 13.2. The predicted octanol–water partition coefficient (Wildman–Crippen LogP) is 4.69. The largest absolute Gasteiger partial charge is 0.497 e. The number of fused-ring (bicyclic) bond motifs is 1. The van der Waals surface area contributed by atoms with Gasteiger partial charge in [-0.3, -0.25) is 19.2 Å². The Morgan fingerprint density at radius 2 is 1.74 bits per heavy atom. The Labute approximate surface area is 230 Å². The SMILES string of the molecule is COCCN1C(=O)C(=Cc2cc(C)n(-n3c(C)nc4ccccc4c3=O)c2C)SC1=Nc1ccc(OC)cc1. The van der Waals surface area contributed by atoms with Crippen molar-refractivity contribution in [3.8, 4) is 5.75 Å². The van der Waals surface area contributed by atoms with Gasteiger partial charge < -0.3 is 9.47 Å². The maximum absolute atomic E-state index is 13.5. The average molecular weight is 544 g/mol. The number of amides is 1. The van der Waals surface area contributed by atoms with E-state index in [0.29, 0.717) is 45.6 Å². The van der Waals surface area contributed by atoms with Crippen LogP contribution in [0.15, 0.2) is 69.3 Å². The minimum absolute atomic E-state index is 0.144. The Kier molecular flexibility index (Phi) is 7.40. The molecule has 1 amide bonds. The van der Waals surface area contributed by atoms with Crippen molar-refractivity contribution in [1.82, 2.24) is 19.2 Å². The molecule has 200 valence electrons. The molecular formula is C29H29N5O4S. The lowest BCUT2D eigenvalue weighted by atomic mass is 10.2. The van der Waals surface area contributed by atoms with Crippen LogP contribution in [0, 0.1) is 20.8 Å². The molecule has 5 rings (SSSR count). The van der Waals surface area contributed by atoms with Crippen molar-refractivity contribution in [2.24, 2.45) is 4.99 Å². The lowest BCUT2D eigenvalue weighted by molar-refractivity contribution is -0.122. The zero-order chi connectivity index (χ0) is 27.7. The fourth-order valence-electron chi connectivity index (χ4n) is 4.58. The van der Waals surface area contributed by atoms with Crippen LogP contribution in [0.25, 0.3) is 17.0 Å². The average Bonchev–Trinajstić information content (AvgIpc) is 3.37. The number of ether oxygens (including phenoxy) is 2. The molecule has 2 aromatic heterocycles. The first kappa shape index (κ1) is 26.5. The number of benzene rings is 2. The Balaban J connectivity index is 1.55. The Morgan fingerprint density at radius 3 is 2.46 bits per heavy atom. The molecule has 4 aromatic rings. The Hall–Kier alpha value is -4.15. The maximum Gasteiger partial charge on any atom is 0.280 e. The van der Waals surface area contributed by atoms with Crippen LogP contribution in [0.1, 0.15) is 22.8 Å². The van der Waals surface area contributed by atoms with Gasteiger partial charge in [-0.25, -0.2) is 9.98 Å². The van der Waals surface area contributed by atoms with Gasteiger partial charge in [-0.15, -0.1) is 0 Å². The number of carbonyl (C=O) groups is 1. The number of methoxy groups -OCH3 is 2. The van der Waals surface area contributed by atoms with Gasteiger partial charge in [0.2, 0.25) is 0 Å². The molecule has 0 N–H and O–H groups in total. The second-order valence-electron chi connectivity index (χ2n) is 9.08. The number of hydrogen-bond donors (Lipinski definition) is 0. The van der Waals surface area contributed by atoms with Crippen LogP contribution in [-0.2, 0) is 9.53 Å². The van der Waals surface area contributed by atoms with E-state index in [9.17, 15) is 9.59 Å². The van der Waals surface area contributed by atoms with E-state index in [1.165, 1.54) is 11.8 Å². The Bertz CT molecular complexity index is 1680. The van der Waals surface area contributed by atoms with Gasteiger partial charge in [0.25, 0.3) is 11.5 Å². The van der Waals surface area contributed by atoms with Crippen LogP contribution in [-0.4, -0.2) is 57.7 Å². The third kappa shape index (κ3) is 5.00. The summed E-state index contributed by atoms with van der Waals surface area (Å²) < 4.78 is 13.9. The van der Waals surface area contributed by atoms with Crippen molar-refractivity contribution < 1.29 is 14.3 Å². The van der Waals surface area contributed by atoms with Crippen LogP contribution >= 0.6 is 11.8 Å². The van der Waals surface area contributed by atoms with Crippen molar-refractivity contribution in [3.63, 3.8) is 0 Å². The fraction of sp³-hybridized carbons (Fsp3) is 0.241. The molecule has 0 aliphatic carbocycles. The van der Waals surface area contributed by atoms with Gasteiger partial charge >= 0.3 is 0 Å². The van der Waals surface area contributed by atoms with Gasteiger partial charge in [0, 0.05) is 18.5 Å². The molecule has 1 fully saturated rings. The fourth-order valence-corrected chi connectivity index (χ4v) is 5.60. The van der Waals surface area contributed by atoms with E-state index in [1.54, 1.807) is 29.9 Å². The summed E-state index contributed by atoms with van der Waals surface area (Å²) in [4.78, 5) is 38.4. The lowest BCUT2D eigenvalue weighted by Gasteiger charge is -2.16. The van der Waals surface area contributed by atoms with Gasteiger partial charge in [0.05, 0.1) is 41.8 Å². The molecule has 0 radical (unpaired) electrons. The van der Waals surface area contributed by atoms with Gasteiger partial charge in [0.15, 0.2) is 5.17 Å². The quantitative estimate of drug-likeness (QED) is 0.314. The number of carbonyl (C=O) groups excluding carboxylic acids is 1. The second-order valence-corrected chi connectivity index (χ2v) is 10.1. The van der Waals surface area contributed by atoms with E-state index in [1.807, 2.05) is 80.1 Å². The molecule has 2 aromatic carbocycles. The zero-order valence-corrected chi connectivity index (χ0v) is 23.3. The van der Waals surface area contributed by atoms with Crippen LogP contribution in [0.2, 0.25) is 0 Å². The molecule has 1 aliphatic heterocycles. The van der Waals surface area contributed by atoms with Gasteiger partial charge in [-0.05, 0) is 86.6 Å². The van der Waals surface area contributed by atoms with Crippen molar-refractivity contribution in [2.45, 2.75) is 20.8 Å². The summed E-state index contributed by atoms with van der Waals surface area (Å²) in [5.41, 5.74) is 3.73. The number of hydrogen-bond acceptors (Lipinski definition) is 7. The molecular weight excluding hydrogens is 514 g/mol. The molecule has 1 aliphatic rings. The number of amidine groups is 1. The van der Waals surface area contributed by atoms with Gasteiger partial charge in [-0.1, -0.05) is 12.1 Å².